The van der Waals surface area contributed by atoms with Crippen molar-refractivity contribution in [3.8, 4) is 11.5 Å². The van der Waals surface area contributed by atoms with Crippen LogP contribution < -0.4 is 11.2 Å². The highest BCUT2D eigenvalue weighted by atomic mass is 35.5. The molecule has 0 unspecified atom stereocenters. The number of hydrogen-bond donors (Lipinski definition) is 1. The summed E-state index contributed by atoms with van der Waals surface area (Å²) in [5.74, 6) is 0.235. The van der Waals surface area contributed by atoms with E-state index in [9.17, 15) is 9.59 Å². The Labute approximate surface area is 171 Å². The van der Waals surface area contributed by atoms with Gasteiger partial charge in [0.25, 0.3) is 5.56 Å². The molecule has 0 saturated carbocycles. The zero-order chi connectivity index (χ0) is 20.4. The fraction of sp³-hybridized carbons (Fsp3) is 0.238. The van der Waals surface area contributed by atoms with Gasteiger partial charge in [-0.1, -0.05) is 48.9 Å². The summed E-state index contributed by atoms with van der Waals surface area (Å²) in [5, 5.41) is 0.587. The fourth-order valence-corrected chi connectivity index (χ4v) is 3.57. The van der Waals surface area contributed by atoms with Gasteiger partial charge in [-0.25, -0.2) is 9.78 Å². The molecule has 8 heteroatoms. The summed E-state index contributed by atoms with van der Waals surface area (Å²) >= 11 is 6.34. The van der Waals surface area contributed by atoms with Gasteiger partial charge in [-0.2, -0.15) is 4.98 Å². The van der Waals surface area contributed by atoms with Crippen LogP contribution in [0.25, 0.3) is 22.6 Å². The molecule has 2 heterocycles. The van der Waals surface area contributed by atoms with Crippen molar-refractivity contribution in [3.05, 3.63) is 79.5 Å². The second-order valence-electron chi connectivity index (χ2n) is 6.63. The van der Waals surface area contributed by atoms with Crippen LogP contribution in [0.1, 0.15) is 18.1 Å². The molecule has 1 N–H and O–H groups in total. The molecule has 0 spiro atoms. The van der Waals surface area contributed by atoms with E-state index in [1.165, 1.54) is 0 Å². The average molecular weight is 411 g/mol. The molecule has 0 aliphatic carbocycles. The number of nitrogens with one attached hydrogen (secondary N) is 1. The minimum atomic E-state index is -0.702. The molecule has 0 aromatic heterocycles. The van der Waals surface area contributed by atoms with E-state index in [1.54, 1.807) is 10.6 Å². The zero-order valence-electron chi connectivity index (χ0n) is 15.8. The van der Waals surface area contributed by atoms with Gasteiger partial charge in [0, 0.05) is 11.6 Å². The highest BCUT2D eigenvalue weighted by molar-refractivity contribution is 6.32. The van der Waals surface area contributed by atoms with E-state index in [2.05, 4.69) is 15.0 Å². The molecule has 0 fully saturated rings. The summed E-state index contributed by atoms with van der Waals surface area (Å²) in [6, 6.07) is 13.5. The van der Waals surface area contributed by atoms with Gasteiger partial charge in [-0.15, -0.1) is 0 Å². The molecule has 2 aliphatic rings. The predicted octanol–water partition coefficient (Wildman–Crippen LogP) is 3.02. The van der Waals surface area contributed by atoms with E-state index in [0.29, 0.717) is 30.3 Å². The van der Waals surface area contributed by atoms with Crippen LogP contribution in [0.15, 0.2) is 52.1 Å². The summed E-state index contributed by atoms with van der Waals surface area (Å²) in [5.41, 5.74) is 2.16. The molecule has 0 radical (unpaired) electrons. The van der Waals surface area contributed by atoms with Crippen LogP contribution in [0.3, 0.4) is 0 Å². The SMILES string of the molecule is CCc1cc2c(cc1Cl)nc1c(=O)[nH]c(=O)nc-1n2CCOCc1ccccc1. The van der Waals surface area contributed by atoms with Gasteiger partial charge in [0.15, 0.2) is 11.5 Å². The quantitative estimate of drug-likeness (QED) is 0.390. The number of H-pyrrole nitrogens is 1. The number of aromatic nitrogens is 4. The summed E-state index contributed by atoms with van der Waals surface area (Å²) in [6.07, 6.45) is 0.743. The van der Waals surface area contributed by atoms with Crippen LogP contribution in [-0.2, 0) is 24.3 Å². The maximum absolute atomic E-state index is 12.3. The molecule has 29 heavy (non-hydrogen) atoms. The minimum Gasteiger partial charge on any atom is -0.375 e. The Kier molecular flexibility index (Phi) is 5.42. The Morgan fingerprint density at radius 2 is 1.93 bits per heavy atom. The molecule has 2 aliphatic heterocycles. The fourth-order valence-electron chi connectivity index (χ4n) is 3.28. The van der Waals surface area contributed by atoms with Crippen molar-refractivity contribution in [2.45, 2.75) is 26.5 Å². The van der Waals surface area contributed by atoms with Crippen LogP contribution in [0, 0.1) is 0 Å². The summed E-state index contributed by atoms with van der Waals surface area (Å²) in [4.78, 5) is 34.7. The maximum Gasteiger partial charge on any atom is 0.349 e. The number of hydrogen-bond acceptors (Lipinski definition) is 5. The van der Waals surface area contributed by atoms with Gasteiger partial charge in [-0.05, 0) is 29.7 Å². The molecule has 0 saturated heterocycles. The molecule has 7 nitrogen and oxygen atoms in total. The van der Waals surface area contributed by atoms with Crippen LogP contribution in [0.4, 0.5) is 0 Å². The third kappa shape index (κ3) is 3.92. The first-order valence-electron chi connectivity index (χ1n) is 9.31. The number of aryl methyl sites for hydroxylation is 1. The summed E-state index contributed by atoms with van der Waals surface area (Å²) in [7, 11) is 0. The Morgan fingerprint density at radius 3 is 2.69 bits per heavy atom. The molecule has 0 amide bonds. The number of benzene rings is 2. The van der Waals surface area contributed by atoms with Crippen LogP contribution in [0.2, 0.25) is 5.02 Å². The zero-order valence-corrected chi connectivity index (χ0v) is 16.6. The van der Waals surface area contributed by atoms with Gasteiger partial charge in [-0.3, -0.25) is 9.78 Å². The lowest BCUT2D eigenvalue weighted by Crippen LogP contribution is -2.29. The van der Waals surface area contributed by atoms with Crippen molar-refractivity contribution in [2.24, 2.45) is 0 Å². The van der Waals surface area contributed by atoms with Crippen molar-refractivity contribution in [1.29, 1.82) is 0 Å². The predicted molar refractivity (Wildman–Crippen MR) is 112 cm³/mol. The second-order valence-corrected chi connectivity index (χ2v) is 7.04. The standard InChI is InChI=1S/C21H19ClN4O3/c1-2-14-10-17-16(11-15(14)22)23-18-19(24-21(28)25-20(18)27)26(17)8-9-29-12-13-6-4-3-5-7-13/h3-7,10-11H,2,8-9,12H2,1H3,(H,25,27,28). The molecule has 148 valence electrons. The topological polar surface area (TPSA) is 89.9 Å². The molecule has 4 rings (SSSR count). The molecule has 0 atom stereocenters. The van der Waals surface area contributed by atoms with E-state index in [-0.39, 0.29) is 11.5 Å². The van der Waals surface area contributed by atoms with E-state index in [1.807, 2.05) is 43.3 Å². The number of halogens is 1. The lowest BCUT2D eigenvalue weighted by atomic mass is 10.1. The third-order valence-electron chi connectivity index (χ3n) is 4.73. The first-order valence-corrected chi connectivity index (χ1v) is 9.69. The van der Waals surface area contributed by atoms with E-state index in [4.69, 9.17) is 16.3 Å². The van der Waals surface area contributed by atoms with Gasteiger partial charge in [0.1, 0.15) is 0 Å². The highest BCUT2D eigenvalue weighted by Gasteiger charge is 2.19. The third-order valence-corrected chi connectivity index (χ3v) is 5.08. The minimum absolute atomic E-state index is 0.0977. The first kappa shape index (κ1) is 19.3. The smallest absolute Gasteiger partial charge is 0.349 e. The van der Waals surface area contributed by atoms with Crippen LogP contribution in [0.5, 0.6) is 0 Å². The Bertz CT molecular complexity index is 1250. The number of ether oxygens (including phenoxy) is 1. The van der Waals surface area contributed by atoms with Crippen molar-refractivity contribution in [1.82, 2.24) is 19.5 Å². The van der Waals surface area contributed by atoms with Gasteiger partial charge >= 0.3 is 5.69 Å². The molecule has 2 aromatic rings. The Hall–Kier alpha value is -3.03. The number of rotatable bonds is 6. The highest BCUT2D eigenvalue weighted by Crippen LogP contribution is 2.27. The number of aromatic amines is 1. The van der Waals surface area contributed by atoms with Gasteiger partial charge in [0.2, 0.25) is 0 Å². The van der Waals surface area contributed by atoms with E-state index < -0.39 is 11.2 Å². The van der Waals surface area contributed by atoms with Crippen LogP contribution >= 0.6 is 11.6 Å². The maximum atomic E-state index is 12.3. The lowest BCUT2D eigenvalue weighted by Gasteiger charge is -2.18. The van der Waals surface area contributed by atoms with Crippen molar-refractivity contribution in [3.63, 3.8) is 0 Å². The summed E-state index contributed by atoms with van der Waals surface area (Å²) < 4.78 is 7.60. The first-order chi connectivity index (χ1) is 14.1. The average Bonchev–Trinajstić information content (AvgIpc) is 2.71. The normalized spacial score (nSPS) is 11.4. The van der Waals surface area contributed by atoms with Crippen molar-refractivity contribution in [2.75, 3.05) is 6.61 Å². The van der Waals surface area contributed by atoms with Gasteiger partial charge in [0.05, 0.1) is 24.2 Å². The molecular weight excluding hydrogens is 392 g/mol. The second kappa shape index (κ2) is 8.14. The van der Waals surface area contributed by atoms with E-state index >= 15 is 0 Å². The number of nitrogens with zero attached hydrogens (tertiary/aromatic N) is 3. The molecule has 2 aromatic carbocycles. The lowest BCUT2D eigenvalue weighted by molar-refractivity contribution is 0.114. The van der Waals surface area contributed by atoms with E-state index in [0.717, 1.165) is 23.1 Å². The van der Waals surface area contributed by atoms with Crippen molar-refractivity contribution >= 4 is 22.6 Å². The monoisotopic (exact) mass is 410 g/mol. The number of fused-ring (bicyclic) bond motifs is 2. The van der Waals surface area contributed by atoms with Gasteiger partial charge < -0.3 is 9.30 Å². The van der Waals surface area contributed by atoms with Crippen LogP contribution in [-0.4, -0.2) is 26.1 Å². The van der Waals surface area contributed by atoms with Crippen molar-refractivity contribution < 1.29 is 4.74 Å². The largest absolute Gasteiger partial charge is 0.375 e. The molecule has 0 bridgehead atoms. The Morgan fingerprint density at radius 1 is 1.14 bits per heavy atom. The Balaban J connectivity index is 1.75. The summed E-state index contributed by atoms with van der Waals surface area (Å²) in [6.45, 7) is 3.26. The molecular formula is C21H19ClN4O3.